The summed E-state index contributed by atoms with van der Waals surface area (Å²) in [4.78, 5) is 11.9. The van der Waals surface area contributed by atoms with Crippen molar-refractivity contribution in [1.29, 1.82) is 0 Å². The molecule has 1 atom stereocenters. The molecule has 1 saturated heterocycles. The molecule has 1 unspecified atom stereocenters. The molecule has 0 radical (unpaired) electrons. The lowest BCUT2D eigenvalue weighted by Crippen LogP contribution is -2.37. The minimum Gasteiger partial charge on any atom is -0.316 e. The quantitative estimate of drug-likeness (QED) is 0.872. The Labute approximate surface area is 107 Å². The Morgan fingerprint density at radius 2 is 1.94 bits per heavy atom. The van der Waals surface area contributed by atoms with Crippen LogP contribution in [0.5, 0.6) is 0 Å². The van der Waals surface area contributed by atoms with Crippen LogP contribution in [0.3, 0.4) is 0 Å². The third-order valence-electron chi connectivity index (χ3n) is 3.74. The maximum absolute atomic E-state index is 11.9. The minimum absolute atomic E-state index is 0.143. The van der Waals surface area contributed by atoms with Crippen LogP contribution in [0.4, 0.5) is 0 Å². The van der Waals surface area contributed by atoms with Crippen molar-refractivity contribution < 1.29 is 4.79 Å². The topological polar surface area (TPSA) is 29.1 Å². The van der Waals surface area contributed by atoms with Gasteiger partial charge >= 0.3 is 0 Å². The largest absolute Gasteiger partial charge is 0.316 e. The summed E-state index contributed by atoms with van der Waals surface area (Å²) in [6.07, 6.45) is 1.53. The molecule has 1 fully saturated rings. The van der Waals surface area contributed by atoms with E-state index in [9.17, 15) is 4.79 Å². The van der Waals surface area contributed by atoms with Crippen molar-refractivity contribution in [1.82, 2.24) is 5.32 Å². The van der Waals surface area contributed by atoms with E-state index in [-0.39, 0.29) is 5.92 Å². The average molecular weight is 239 g/mol. The average Bonchev–Trinajstić information content (AvgIpc) is 2.42. The lowest BCUT2D eigenvalue weighted by atomic mass is 9.89. The molecule has 18 heavy (non-hydrogen) atoms. The molecule has 0 spiro atoms. The number of rotatable bonds is 2. The summed E-state index contributed by atoms with van der Waals surface area (Å²) in [5, 5.41) is 5.84. The van der Waals surface area contributed by atoms with Gasteiger partial charge in [-0.2, -0.15) is 0 Å². The van der Waals surface area contributed by atoms with Crippen molar-refractivity contribution >= 4 is 16.6 Å². The fourth-order valence-corrected chi connectivity index (χ4v) is 2.73. The fourth-order valence-electron chi connectivity index (χ4n) is 2.73. The molecule has 2 heteroatoms. The maximum Gasteiger partial charge on any atom is 0.138 e. The van der Waals surface area contributed by atoms with Gasteiger partial charge in [-0.05, 0) is 22.8 Å². The van der Waals surface area contributed by atoms with E-state index in [1.165, 1.54) is 16.3 Å². The molecule has 92 valence electrons. The van der Waals surface area contributed by atoms with Crippen molar-refractivity contribution in [3.8, 4) is 0 Å². The summed E-state index contributed by atoms with van der Waals surface area (Å²) in [5.74, 6) is 0.547. The van der Waals surface area contributed by atoms with E-state index in [0.29, 0.717) is 12.2 Å². The zero-order chi connectivity index (χ0) is 12.4. The molecule has 2 aromatic carbocycles. The van der Waals surface area contributed by atoms with Crippen LogP contribution in [-0.4, -0.2) is 18.9 Å². The van der Waals surface area contributed by atoms with Crippen LogP contribution in [0.15, 0.2) is 42.5 Å². The van der Waals surface area contributed by atoms with Gasteiger partial charge in [0.1, 0.15) is 5.78 Å². The minimum atomic E-state index is 0.143. The Bertz CT molecular complexity index is 571. The number of piperidine rings is 1. The standard InChI is InChI=1S/C16H17NO/c18-16-8-9-17-11-14(16)10-13-6-3-5-12-4-1-2-7-15(12)13/h1-7,14,17H,8-11H2. The van der Waals surface area contributed by atoms with Crippen LogP contribution in [-0.2, 0) is 11.2 Å². The van der Waals surface area contributed by atoms with E-state index in [1.54, 1.807) is 0 Å². The number of carbonyl (C=O) groups is 1. The lowest BCUT2D eigenvalue weighted by molar-refractivity contribution is -0.123. The fraction of sp³-hybridized carbons (Fsp3) is 0.312. The van der Waals surface area contributed by atoms with Gasteiger partial charge < -0.3 is 5.32 Å². The molecule has 0 saturated carbocycles. The van der Waals surface area contributed by atoms with Gasteiger partial charge in [0.2, 0.25) is 0 Å². The Morgan fingerprint density at radius 1 is 1.11 bits per heavy atom. The smallest absolute Gasteiger partial charge is 0.138 e. The molecule has 0 aromatic heterocycles. The van der Waals surface area contributed by atoms with E-state index < -0.39 is 0 Å². The number of ketones is 1. The number of carbonyl (C=O) groups excluding carboxylic acids is 1. The van der Waals surface area contributed by atoms with Gasteiger partial charge in [-0.25, -0.2) is 0 Å². The zero-order valence-electron chi connectivity index (χ0n) is 10.4. The summed E-state index contributed by atoms with van der Waals surface area (Å²) in [5.41, 5.74) is 1.29. The zero-order valence-corrected chi connectivity index (χ0v) is 10.4. The summed E-state index contributed by atoms with van der Waals surface area (Å²) in [6.45, 7) is 1.66. The normalized spacial score (nSPS) is 20.2. The molecule has 2 nitrogen and oxygen atoms in total. The molecular formula is C16H17NO. The first-order valence-electron chi connectivity index (χ1n) is 6.54. The van der Waals surface area contributed by atoms with Gasteiger partial charge in [0.15, 0.2) is 0 Å². The monoisotopic (exact) mass is 239 g/mol. The highest BCUT2D eigenvalue weighted by molar-refractivity contribution is 5.87. The summed E-state index contributed by atoms with van der Waals surface area (Å²) >= 11 is 0. The molecular weight excluding hydrogens is 222 g/mol. The predicted molar refractivity (Wildman–Crippen MR) is 73.6 cm³/mol. The molecule has 1 aliphatic heterocycles. The van der Waals surface area contributed by atoms with Crippen LogP contribution >= 0.6 is 0 Å². The van der Waals surface area contributed by atoms with E-state index >= 15 is 0 Å². The van der Waals surface area contributed by atoms with Crippen LogP contribution in [0, 0.1) is 5.92 Å². The van der Waals surface area contributed by atoms with Gasteiger partial charge in [-0.15, -0.1) is 0 Å². The summed E-state index contributed by atoms with van der Waals surface area (Å²) in [7, 11) is 0. The second-order valence-corrected chi connectivity index (χ2v) is 4.96. The molecule has 1 aliphatic rings. The van der Waals surface area contributed by atoms with Gasteiger partial charge in [-0.1, -0.05) is 42.5 Å². The highest BCUT2D eigenvalue weighted by Gasteiger charge is 2.22. The second-order valence-electron chi connectivity index (χ2n) is 4.96. The molecule has 2 aromatic rings. The highest BCUT2D eigenvalue weighted by Crippen LogP contribution is 2.22. The van der Waals surface area contributed by atoms with Crippen LogP contribution < -0.4 is 5.32 Å². The Hall–Kier alpha value is -1.67. The highest BCUT2D eigenvalue weighted by atomic mass is 16.1. The SMILES string of the molecule is O=C1CCNCC1Cc1cccc2ccccc12. The summed E-state index contributed by atoms with van der Waals surface area (Å²) in [6, 6.07) is 14.7. The first kappa shape index (κ1) is 11.4. The van der Waals surface area contributed by atoms with Crippen molar-refractivity contribution in [2.75, 3.05) is 13.1 Å². The van der Waals surface area contributed by atoms with Crippen molar-refractivity contribution in [3.05, 3.63) is 48.0 Å². The Morgan fingerprint density at radius 3 is 2.83 bits per heavy atom. The van der Waals surface area contributed by atoms with E-state index in [0.717, 1.165) is 19.5 Å². The first-order chi connectivity index (χ1) is 8.84. The van der Waals surface area contributed by atoms with Crippen molar-refractivity contribution in [2.45, 2.75) is 12.8 Å². The molecule has 3 rings (SSSR count). The number of hydrogen-bond acceptors (Lipinski definition) is 2. The second kappa shape index (κ2) is 4.91. The first-order valence-corrected chi connectivity index (χ1v) is 6.54. The molecule has 0 bridgehead atoms. The number of nitrogens with one attached hydrogen (secondary N) is 1. The molecule has 1 N–H and O–H groups in total. The van der Waals surface area contributed by atoms with Gasteiger partial charge in [0.05, 0.1) is 0 Å². The number of Topliss-reactive ketones (excluding diaryl/α,β-unsaturated/α-hetero) is 1. The van der Waals surface area contributed by atoms with E-state index in [1.807, 2.05) is 0 Å². The number of fused-ring (bicyclic) bond motifs is 1. The van der Waals surface area contributed by atoms with Crippen LogP contribution in [0.1, 0.15) is 12.0 Å². The van der Waals surface area contributed by atoms with E-state index in [2.05, 4.69) is 47.8 Å². The molecule has 0 amide bonds. The molecule has 1 heterocycles. The summed E-state index contributed by atoms with van der Waals surface area (Å²) < 4.78 is 0. The van der Waals surface area contributed by atoms with Gasteiger partial charge in [-0.3, -0.25) is 4.79 Å². The van der Waals surface area contributed by atoms with E-state index in [4.69, 9.17) is 0 Å². The van der Waals surface area contributed by atoms with Gasteiger partial charge in [0.25, 0.3) is 0 Å². The molecule has 0 aliphatic carbocycles. The van der Waals surface area contributed by atoms with Crippen LogP contribution in [0.2, 0.25) is 0 Å². The Balaban J connectivity index is 1.92. The third kappa shape index (κ3) is 2.16. The Kier molecular flexibility index (Phi) is 3.11. The van der Waals surface area contributed by atoms with Crippen LogP contribution in [0.25, 0.3) is 10.8 Å². The van der Waals surface area contributed by atoms with Gasteiger partial charge in [0, 0.05) is 25.4 Å². The number of hydrogen-bond donors (Lipinski definition) is 1. The van der Waals surface area contributed by atoms with Crippen molar-refractivity contribution in [3.63, 3.8) is 0 Å². The maximum atomic E-state index is 11.9. The van der Waals surface area contributed by atoms with Crippen molar-refractivity contribution in [2.24, 2.45) is 5.92 Å². The lowest BCUT2D eigenvalue weighted by Gasteiger charge is -2.22. The predicted octanol–water partition coefficient (Wildman–Crippen LogP) is 2.56. The number of benzene rings is 2. The third-order valence-corrected chi connectivity index (χ3v) is 3.74.